The normalized spacial score (nSPS) is 13.0. The van der Waals surface area contributed by atoms with Gasteiger partial charge in [0.25, 0.3) is 5.69 Å². The van der Waals surface area contributed by atoms with Crippen molar-refractivity contribution in [3.8, 4) is 0 Å². The van der Waals surface area contributed by atoms with E-state index in [2.05, 4.69) is 0 Å². The summed E-state index contributed by atoms with van der Waals surface area (Å²) in [5.74, 6) is 0. The molecule has 7 heteroatoms. The maximum absolute atomic E-state index is 12.7. The van der Waals surface area contributed by atoms with Crippen molar-refractivity contribution in [3.05, 3.63) is 75.3 Å². The molecular formula is C14H9ClF3NO2. The summed E-state index contributed by atoms with van der Waals surface area (Å²) in [4.78, 5) is 9.79. The Morgan fingerprint density at radius 2 is 1.67 bits per heavy atom. The van der Waals surface area contributed by atoms with E-state index < -0.39 is 27.7 Å². The molecule has 0 saturated carbocycles. The first kappa shape index (κ1) is 15.3. The first-order chi connectivity index (χ1) is 9.80. The lowest BCUT2D eigenvalue weighted by atomic mass is 10.0. The van der Waals surface area contributed by atoms with E-state index in [0.717, 1.165) is 12.1 Å². The highest BCUT2D eigenvalue weighted by Crippen LogP contribution is 2.39. The zero-order valence-electron chi connectivity index (χ0n) is 10.5. The first-order valence-electron chi connectivity index (χ1n) is 5.85. The van der Waals surface area contributed by atoms with Gasteiger partial charge in [0.15, 0.2) is 0 Å². The smallest absolute Gasteiger partial charge is 0.258 e. The number of hydrogen-bond acceptors (Lipinski definition) is 2. The molecule has 0 radical (unpaired) electrons. The van der Waals surface area contributed by atoms with Crippen molar-refractivity contribution in [1.29, 1.82) is 0 Å². The fraction of sp³-hybridized carbons (Fsp3) is 0.143. The fourth-order valence-corrected chi connectivity index (χ4v) is 2.19. The van der Waals surface area contributed by atoms with E-state index in [0.29, 0.717) is 11.6 Å². The minimum absolute atomic E-state index is 0.238. The molecular weight excluding hydrogens is 307 g/mol. The molecule has 0 N–H and O–H groups in total. The van der Waals surface area contributed by atoms with Crippen molar-refractivity contribution in [2.75, 3.05) is 0 Å². The molecule has 21 heavy (non-hydrogen) atoms. The summed E-state index contributed by atoms with van der Waals surface area (Å²) in [6.07, 6.45) is -4.78. The van der Waals surface area contributed by atoms with E-state index in [1.165, 1.54) is 0 Å². The van der Waals surface area contributed by atoms with Gasteiger partial charge in [-0.15, -0.1) is 11.6 Å². The SMILES string of the molecule is O=[N+]([O-])c1cc(C(Cl)c2ccccc2)ccc1C(F)(F)F. The zero-order chi connectivity index (χ0) is 15.6. The molecule has 0 aliphatic rings. The molecule has 2 rings (SSSR count). The van der Waals surface area contributed by atoms with Crippen LogP contribution in [0.1, 0.15) is 22.1 Å². The van der Waals surface area contributed by atoms with Crippen LogP contribution in [0.3, 0.4) is 0 Å². The summed E-state index contributed by atoms with van der Waals surface area (Å²) in [7, 11) is 0. The quantitative estimate of drug-likeness (QED) is 0.457. The van der Waals surface area contributed by atoms with E-state index in [1.54, 1.807) is 30.3 Å². The van der Waals surface area contributed by atoms with Crippen LogP contribution in [0.5, 0.6) is 0 Å². The molecule has 0 aromatic heterocycles. The summed E-state index contributed by atoms with van der Waals surface area (Å²) >= 11 is 6.17. The largest absolute Gasteiger partial charge is 0.422 e. The van der Waals surface area contributed by atoms with Gasteiger partial charge in [0, 0.05) is 6.07 Å². The molecule has 1 atom stereocenters. The van der Waals surface area contributed by atoms with Gasteiger partial charge < -0.3 is 0 Å². The fourth-order valence-electron chi connectivity index (χ4n) is 1.91. The van der Waals surface area contributed by atoms with E-state index in [-0.39, 0.29) is 5.56 Å². The van der Waals surface area contributed by atoms with Crippen molar-refractivity contribution in [1.82, 2.24) is 0 Å². The lowest BCUT2D eigenvalue weighted by Gasteiger charge is -2.13. The van der Waals surface area contributed by atoms with Crippen molar-refractivity contribution >= 4 is 17.3 Å². The summed E-state index contributed by atoms with van der Waals surface area (Å²) in [6, 6.07) is 11.3. The number of nitro benzene ring substituents is 1. The van der Waals surface area contributed by atoms with Crippen LogP contribution in [0.2, 0.25) is 0 Å². The third kappa shape index (κ3) is 3.33. The minimum Gasteiger partial charge on any atom is -0.258 e. The maximum Gasteiger partial charge on any atom is 0.422 e. The molecule has 110 valence electrons. The molecule has 0 spiro atoms. The van der Waals surface area contributed by atoms with Gasteiger partial charge in [0.2, 0.25) is 0 Å². The van der Waals surface area contributed by atoms with Gasteiger partial charge >= 0.3 is 6.18 Å². The molecule has 0 aliphatic carbocycles. The van der Waals surface area contributed by atoms with Gasteiger partial charge in [0.05, 0.1) is 10.3 Å². The van der Waals surface area contributed by atoms with Crippen LogP contribution in [0.4, 0.5) is 18.9 Å². The molecule has 1 unspecified atom stereocenters. The number of hydrogen-bond donors (Lipinski definition) is 0. The molecule has 3 nitrogen and oxygen atoms in total. The number of benzene rings is 2. The Bertz CT molecular complexity index is 659. The highest BCUT2D eigenvalue weighted by atomic mass is 35.5. The van der Waals surface area contributed by atoms with Crippen molar-refractivity contribution < 1.29 is 18.1 Å². The van der Waals surface area contributed by atoms with Crippen LogP contribution in [0.25, 0.3) is 0 Å². The van der Waals surface area contributed by atoms with Crippen LogP contribution in [-0.2, 0) is 6.18 Å². The number of alkyl halides is 4. The van der Waals surface area contributed by atoms with Gasteiger partial charge in [-0.1, -0.05) is 36.4 Å². The highest BCUT2D eigenvalue weighted by Gasteiger charge is 2.38. The van der Waals surface area contributed by atoms with Gasteiger partial charge in [-0.2, -0.15) is 13.2 Å². The van der Waals surface area contributed by atoms with E-state index in [1.807, 2.05) is 0 Å². The van der Waals surface area contributed by atoms with Crippen molar-refractivity contribution in [2.24, 2.45) is 0 Å². The molecule has 0 amide bonds. The highest BCUT2D eigenvalue weighted by molar-refractivity contribution is 6.22. The Balaban J connectivity index is 2.48. The Kier molecular flexibility index (Phi) is 4.18. The van der Waals surface area contributed by atoms with Crippen LogP contribution < -0.4 is 0 Å². The lowest BCUT2D eigenvalue weighted by Crippen LogP contribution is -2.09. The average Bonchev–Trinajstić information content (AvgIpc) is 2.45. The molecule has 0 heterocycles. The number of nitro groups is 1. The topological polar surface area (TPSA) is 43.1 Å². The van der Waals surface area contributed by atoms with Gasteiger partial charge in [-0.05, 0) is 17.2 Å². The third-order valence-electron chi connectivity index (χ3n) is 2.91. The second-order valence-electron chi connectivity index (χ2n) is 4.30. The van der Waals surface area contributed by atoms with E-state index >= 15 is 0 Å². The molecule has 0 saturated heterocycles. The average molecular weight is 316 g/mol. The number of rotatable bonds is 3. The molecule has 0 fully saturated rings. The molecule has 0 aliphatic heterocycles. The standard InChI is InChI=1S/C14H9ClF3NO2/c15-13(9-4-2-1-3-5-9)10-6-7-11(14(16,17)18)12(8-10)19(20)21/h1-8,13H. The predicted molar refractivity (Wildman–Crippen MR) is 72.2 cm³/mol. The van der Waals surface area contributed by atoms with E-state index in [9.17, 15) is 23.3 Å². The minimum atomic E-state index is -4.78. The Hall–Kier alpha value is -2.08. The second kappa shape index (κ2) is 5.73. The first-order valence-corrected chi connectivity index (χ1v) is 6.29. The third-order valence-corrected chi connectivity index (χ3v) is 3.41. The van der Waals surface area contributed by atoms with Crippen LogP contribution in [0.15, 0.2) is 48.5 Å². The second-order valence-corrected chi connectivity index (χ2v) is 4.74. The molecule has 0 bridgehead atoms. The molecule has 2 aromatic rings. The van der Waals surface area contributed by atoms with Crippen molar-refractivity contribution in [2.45, 2.75) is 11.6 Å². The Labute approximate surface area is 123 Å². The number of halogens is 4. The monoisotopic (exact) mass is 315 g/mol. The Morgan fingerprint density at radius 1 is 1.05 bits per heavy atom. The lowest BCUT2D eigenvalue weighted by molar-refractivity contribution is -0.388. The Morgan fingerprint density at radius 3 is 2.19 bits per heavy atom. The van der Waals surface area contributed by atoms with Crippen LogP contribution >= 0.6 is 11.6 Å². The molecule has 2 aromatic carbocycles. The maximum atomic E-state index is 12.7. The zero-order valence-corrected chi connectivity index (χ0v) is 11.2. The summed E-state index contributed by atoms with van der Waals surface area (Å²) in [5, 5.41) is 10.1. The van der Waals surface area contributed by atoms with Gasteiger partial charge in [0.1, 0.15) is 5.56 Å². The summed E-state index contributed by atoms with van der Waals surface area (Å²) in [6.45, 7) is 0. The predicted octanol–water partition coefficient (Wildman–Crippen LogP) is 4.94. The van der Waals surface area contributed by atoms with E-state index in [4.69, 9.17) is 11.6 Å². The van der Waals surface area contributed by atoms with Crippen molar-refractivity contribution in [3.63, 3.8) is 0 Å². The van der Waals surface area contributed by atoms with Gasteiger partial charge in [-0.25, -0.2) is 0 Å². The summed E-state index contributed by atoms with van der Waals surface area (Å²) in [5.41, 5.74) is -1.40. The van der Waals surface area contributed by atoms with Gasteiger partial charge in [-0.3, -0.25) is 10.1 Å². The summed E-state index contributed by atoms with van der Waals surface area (Å²) < 4.78 is 38.2. The van der Waals surface area contributed by atoms with Crippen LogP contribution in [-0.4, -0.2) is 4.92 Å². The van der Waals surface area contributed by atoms with Crippen LogP contribution in [0, 0.1) is 10.1 Å². The number of nitrogens with zero attached hydrogens (tertiary/aromatic N) is 1.